The Bertz CT molecular complexity index is 1010. The summed E-state index contributed by atoms with van der Waals surface area (Å²) in [5.74, 6) is 1.37. The fourth-order valence-corrected chi connectivity index (χ4v) is 4.68. The molecule has 0 spiro atoms. The van der Waals surface area contributed by atoms with Crippen molar-refractivity contribution in [2.24, 2.45) is 0 Å². The number of nitro groups is 1. The number of ether oxygens (including phenoxy) is 1. The summed E-state index contributed by atoms with van der Waals surface area (Å²) < 4.78 is 6.54. The maximum absolute atomic E-state index is 11.1. The lowest BCUT2D eigenvalue weighted by Gasteiger charge is -2.38. The van der Waals surface area contributed by atoms with E-state index < -0.39 is 0 Å². The highest BCUT2D eigenvalue weighted by Crippen LogP contribution is 2.44. The maximum Gasteiger partial charge on any atom is 0.245 e. The van der Waals surface area contributed by atoms with Gasteiger partial charge in [-0.2, -0.15) is 0 Å². The number of phenols is 1. The molecule has 0 aliphatic carbocycles. The van der Waals surface area contributed by atoms with Gasteiger partial charge in [-0.3, -0.25) is 10.1 Å². The van der Waals surface area contributed by atoms with E-state index in [1.54, 1.807) is 13.8 Å². The third kappa shape index (κ3) is 10.3. The first-order valence-electron chi connectivity index (χ1n) is 14.5. The summed E-state index contributed by atoms with van der Waals surface area (Å²) in [4.78, 5) is 10.9. The van der Waals surface area contributed by atoms with E-state index in [4.69, 9.17) is 4.74 Å². The van der Waals surface area contributed by atoms with Crippen LogP contribution in [0.5, 0.6) is 11.5 Å². The normalized spacial score (nSPS) is 16.7. The summed E-state index contributed by atoms with van der Waals surface area (Å²) in [5, 5.41) is 21.5. The Labute approximate surface area is 233 Å². The fraction of sp³-hybridized carbons (Fsp3) is 0.636. The first kappa shape index (κ1) is 35.4. The van der Waals surface area contributed by atoms with Gasteiger partial charge in [0.05, 0.1) is 4.92 Å². The average molecular weight is 530 g/mol. The van der Waals surface area contributed by atoms with Crippen molar-refractivity contribution in [2.75, 3.05) is 0 Å². The van der Waals surface area contributed by atoms with Crippen molar-refractivity contribution in [2.45, 2.75) is 140 Å². The van der Waals surface area contributed by atoms with Crippen molar-refractivity contribution in [1.82, 2.24) is 0 Å². The van der Waals surface area contributed by atoms with Gasteiger partial charge in [-0.15, -0.1) is 0 Å². The highest BCUT2D eigenvalue weighted by Gasteiger charge is 2.33. The van der Waals surface area contributed by atoms with Gasteiger partial charge >= 0.3 is 0 Å². The summed E-state index contributed by atoms with van der Waals surface area (Å²) in [6.07, 6.45) is 11.5. The van der Waals surface area contributed by atoms with E-state index in [0.717, 1.165) is 78.5 Å². The van der Waals surface area contributed by atoms with Crippen molar-refractivity contribution in [3.63, 3.8) is 0 Å². The van der Waals surface area contributed by atoms with Crippen LogP contribution in [0.4, 0.5) is 0 Å². The molecule has 2 rings (SSSR count). The van der Waals surface area contributed by atoms with Crippen LogP contribution in [0.2, 0.25) is 0 Å². The van der Waals surface area contributed by atoms with Crippen molar-refractivity contribution < 1.29 is 14.8 Å². The largest absolute Gasteiger partial charge is 0.507 e. The second-order valence-electron chi connectivity index (χ2n) is 10.5. The summed E-state index contributed by atoms with van der Waals surface area (Å²) in [7, 11) is 0. The molecule has 38 heavy (non-hydrogen) atoms. The van der Waals surface area contributed by atoms with Crippen LogP contribution in [-0.4, -0.2) is 15.6 Å². The second kappa shape index (κ2) is 17.1. The number of rotatable bonds is 10. The lowest BCUT2D eigenvalue weighted by atomic mass is 9.85. The van der Waals surface area contributed by atoms with Crippen LogP contribution in [0.3, 0.4) is 0 Å². The Balaban J connectivity index is 0.00000326. The van der Waals surface area contributed by atoms with E-state index in [0.29, 0.717) is 17.9 Å². The van der Waals surface area contributed by atoms with Gasteiger partial charge in [-0.1, -0.05) is 51.0 Å². The molecule has 5 nitrogen and oxygen atoms in total. The lowest BCUT2D eigenvalue weighted by molar-refractivity contribution is -0.429. The van der Waals surface area contributed by atoms with Gasteiger partial charge < -0.3 is 9.84 Å². The number of aromatic hydroxyl groups is 1. The molecule has 1 atom stereocenters. The first-order chi connectivity index (χ1) is 17.9. The highest BCUT2D eigenvalue weighted by molar-refractivity contribution is 5.58. The van der Waals surface area contributed by atoms with Gasteiger partial charge in [0.2, 0.25) is 5.70 Å². The van der Waals surface area contributed by atoms with Gasteiger partial charge in [-0.25, -0.2) is 0 Å². The van der Waals surface area contributed by atoms with Gasteiger partial charge in [-0.05, 0) is 123 Å². The van der Waals surface area contributed by atoms with Crippen molar-refractivity contribution in [3.05, 3.63) is 66.9 Å². The smallest absolute Gasteiger partial charge is 0.245 e. The SMILES string of the molecule is CC.CC.CC(C)=C(CC/C(C)=C/CC/C(C)=C/CCC1(C)CCc2c(C)c(O)c(C)c(C)c2O1)[N+](=O)[O-]. The zero-order valence-corrected chi connectivity index (χ0v) is 26.4. The maximum atomic E-state index is 11.1. The summed E-state index contributed by atoms with van der Waals surface area (Å²) >= 11 is 0. The topological polar surface area (TPSA) is 72.6 Å². The van der Waals surface area contributed by atoms with Crippen LogP contribution in [0, 0.1) is 30.9 Å². The molecule has 1 N–H and O–H groups in total. The molecular weight excluding hydrogens is 474 g/mol. The summed E-state index contributed by atoms with van der Waals surface area (Å²) in [6.45, 7) is 24.0. The zero-order chi connectivity index (χ0) is 29.6. The van der Waals surface area contributed by atoms with E-state index in [9.17, 15) is 15.2 Å². The predicted octanol–water partition coefficient (Wildman–Crippen LogP) is 10.3. The quantitative estimate of drug-likeness (QED) is 0.186. The Morgan fingerprint density at radius 3 is 2.03 bits per heavy atom. The molecule has 1 aliphatic rings. The summed E-state index contributed by atoms with van der Waals surface area (Å²) in [5.41, 5.74) is 7.57. The minimum Gasteiger partial charge on any atom is -0.507 e. The second-order valence-corrected chi connectivity index (χ2v) is 10.5. The molecule has 1 aliphatic heterocycles. The molecule has 1 aromatic carbocycles. The molecule has 1 unspecified atom stereocenters. The van der Waals surface area contributed by atoms with Crippen LogP contribution >= 0.6 is 0 Å². The molecule has 0 fully saturated rings. The molecule has 1 aromatic rings. The fourth-order valence-electron chi connectivity index (χ4n) is 4.68. The third-order valence-corrected chi connectivity index (χ3v) is 7.34. The number of allylic oxidation sites excluding steroid dienone is 6. The van der Waals surface area contributed by atoms with Gasteiger partial charge in [0.25, 0.3) is 0 Å². The zero-order valence-electron chi connectivity index (χ0n) is 26.4. The number of benzene rings is 1. The number of fused-ring (bicyclic) bond motifs is 1. The number of nitrogens with zero attached hydrogens (tertiary/aromatic N) is 1. The summed E-state index contributed by atoms with van der Waals surface area (Å²) in [6, 6.07) is 0. The van der Waals surface area contributed by atoms with Gasteiger partial charge in [0.1, 0.15) is 17.1 Å². The minimum atomic E-state index is -0.252. The van der Waals surface area contributed by atoms with Crippen molar-refractivity contribution >= 4 is 0 Å². The minimum absolute atomic E-state index is 0.194. The molecule has 0 aromatic heterocycles. The van der Waals surface area contributed by atoms with E-state index in [-0.39, 0.29) is 10.5 Å². The number of phenolic OH excluding ortho intramolecular Hbond substituents is 1. The average Bonchev–Trinajstić information content (AvgIpc) is 2.88. The predicted molar refractivity (Wildman–Crippen MR) is 163 cm³/mol. The lowest BCUT2D eigenvalue weighted by Crippen LogP contribution is -2.37. The van der Waals surface area contributed by atoms with Gasteiger partial charge in [0, 0.05) is 12.0 Å². The highest BCUT2D eigenvalue weighted by atomic mass is 16.6. The Morgan fingerprint density at radius 2 is 1.47 bits per heavy atom. The molecule has 0 bridgehead atoms. The molecule has 0 saturated carbocycles. The van der Waals surface area contributed by atoms with Crippen LogP contribution in [0.15, 0.2) is 34.6 Å². The van der Waals surface area contributed by atoms with Crippen LogP contribution in [0.1, 0.15) is 130 Å². The van der Waals surface area contributed by atoms with E-state index in [1.165, 1.54) is 11.1 Å². The van der Waals surface area contributed by atoms with Crippen LogP contribution in [-0.2, 0) is 6.42 Å². The molecular formula is C33H55NO4. The van der Waals surface area contributed by atoms with Crippen LogP contribution in [0.25, 0.3) is 0 Å². The molecule has 1 heterocycles. The molecule has 0 radical (unpaired) electrons. The number of hydrogen-bond donors (Lipinski definition) is 1. The number of hydrogen-bond acceptors (Lipinski definition) is 4. The first-order valence-corrected chi connectivity index (χ1v) is 14.5. The molecule has 5 heteroatoms. The standard InChI is InChI=1S/C29H43NO4.2C2H6/c1-19(2)26(30(32)33)15-14-21(4)12-9-11-20(3)13-10-17-29(8)18-16-25-24(7)27(31)22(5)23(6)28(25)34-29;2*1-2/h12-13,31H,9-11,14-18H2,1-8H3;2*1-2H3/b20-13+,21-12+;;. The Kier molecular flexibility index (Phi) is 16.0. The Hall–Kier alpha value is -2.56. The van der Waals surface area contributed by atoms with Gasteiger partial charge in [0.15, 0.2) is 0 Å². The molecule has 0 saturated heterocycles. The van der Waals surface area contributed by atoms with Crippen molar-refractivity contribution in [1.29, 1.82) is 0 Å². The monoisotopic (exact) mass is 529 g/mol. The molecule has 0 amide bonds. The molecule has 216 valence electrons. The van der Waals surface area contributed by atoms with Crippen LogP contribution < -0.4 is 4.74 Å². The third-order valence-electron chi connectivity index (χ3n) is 7.34. The van der Waals surface area contributed by atoms with E-state index >= 15 is 0 Å². The van der Waals surface area contributed by atoms with E-state index in [1.807, 2.05) is 48.5 Å². The van der Waals surface area contributed by atoms with E-state index in [2.05, 4.69) is 32.9 Å². The van der Waals surface area contributed by atoms with Crippen molar-refractivity contribution in [3.8, 4) is 11.5 Å². The Morgan fingerprint density at radius 1 is 0.921 bits per heavy atom.